The summed E-state index contributed by atoms with van der Waals surface area (Å²) >= 11 is 0. The third-order valence-electron chi connectivity index (χ3n) is 7.99. The molecule has 0 unspecified atom stereocenters. The van der Waals surface area contributed by atoms with Crippen LogP contribution < -0.4 is 0 Å². The number of aromatic nitrogens is 5. The first-order valence-electron chi connectivity index (χ1n) is 12.9. The van der Waals surface area contributed by atoms with Crippen molar-refractivity contribution < 1.29 is 30.8 Å². The van der Waals surface area contributed by atoms with E-state index < -0.39 is 44.5 Å². The van der Waals surface area contributed by atoms with Crippen LogP contribution >= 0.6 is 0 Å². The summed E-state index contributed by atoms with van der Waals surface area (Å²) in [4.78, 5) is 22.3. The SMILES string of the molecule is Cc1ncc(S(=O)(=O)N2CCC3=Cc4c(cnn4-c4ccc(F)cc4)C[C@]3(C(=O)c3cc(C(F)(F)F)ccn3)C2)n1C. The topological polar surface area (TPSA) is 103 Å². The van der Waals surface area contributed by atoms with Gasteiger partial charge in [-0.2, -0.15) is 22.6 Å². The molecule has 0 radical (unpaired) electrons. The van der Waals surface area contributed by atoms with E-state index in [1.54, 1.807) is 36.9 Å². The van der Waals surface area contributed by atoms with Gasteiger partial charge in [-0.25, -0.2) is 22.5 Å². The third-order valence-corrected chi connectivity index (χ3v) is 9.89. The van der Waals surface area contributed by atoms with Crippen molar-refractivity contribution in [2.45, 2.75) is 31.0 Å². The molecule has 1 fully saturated rings. The largest absolute Gasteiger partial charge is 0.416 e. The van der Waals surface area contributed by atoms with Gasteiger partial charge in [0.05, 0.1) is 34.8 Å². The van der Waals surface area contributed by atoms with Crippen molar-refractivity contribution in [2.24, 2.45) is 12.5 Å². The average Bonchev–Trinajstić information content (AvgIpc) is 3.53. The summed E-state index contributed by atoms with van der Waals surface area (Å²) in [6.07, 6.45) is 0.829. The Morgan fingerprint density at radius 2 is 1.81 bits per heavy atom. The lowest BCUT2D eigenvalue weighted by Gasteiger charge is -2.44. The molecule has 9 nitrogen and oxygen atoms in total. The molecule has 42 heavy (non-hydrogen) atoms. The number of aryl methyl sites for hydroxylation is 1. The standard InChI is InChI=1S/C28H24F4N6O3S/c1-17-34-15-25(36(17)2)42(40,41)37-10-8-19-12-24-18(14-35-38(24)22-5-3-21(29)4-6-22)13-27(19,16-37)26(39)23-11-20(7-9-33-23)28(30,31)32/h3-7,9,11-12,14-15H,8,10,13,16H2,1-2H3/t27-/m0/s1. The van der Waals surface area contributed by atoms with Crippen LogP contribution in [0, 0.1) is 18.2 Å². The maximum absolute atomic E-state index is 14.3. The number of hydrogen-bond donors (Lipinski definition) is 0. The lowest BCUT2D eigenvalue weighted by atomic mass is 9.65. The molecule has 0 saturated carbocycles. The lowest BCUT2D eigenvalue weighted by Crippen LogP contribution is -2.53. The Hall–Kier alpha value is -4.17. The number of nitrogens with zero attached hydrogens (tertiary/aromatic N) is 6. The van der Waals surface area contributed by atoms with Crippen molar-refractivity contribution in [3.8, 4) is 5.69 Å². The van der Waals surface area contributed by atoms with Crippen LogP contribution in [-0.4, -0.2) is 55.9 Å². The van der Waals surface area contributed by atoms with Gasteiger partial charge in [-0.3, -0.25) is 9.78 Å². The van der Waals surface area contributed by atoms with E-state index in [-0.39, 0.29) is 31.0 Å². The number of alkyl halides is 3. The zero-order valence-electron chi connectivity index (χ0n) is 22.4. The van der Waals surface area contributed by atoms with Gasteiger partial charge in [0.1, 0.15) is 17.3 Å². The summed E-state index contributed by atoms with van der Waals surface area (Å²) in [5.41, 5.74) is -0.667. The first-order valence-corrected chi connectivity index (χ1v) is 14.4. The lowest BCUT2D eigenvalue weighted by molar-refractivity contribution is -0.137. The number of fused-ring (bicyclic) bond motifs is 2. The highest BCUT2D eigenvalue weighted by atomic mass is 32.2. The Labute approximate surface area is 238 Å². The van der Waals surface area contributed by atoms with Crippen LogP contribution in [0.1, 0.15) is 39.6 Å². The van der Waals surface area contributed by atoms with Gasteiger partial charge < -0.3 is 4.57 Å². The van der Waals surface area contributed by atoms with Crippen LogP contribution in [0.5, 0.6) is 0 Å². The maximum Gasteiger partial charge on any atom is 0.416 e. The van der Waals surface area contributed by atoms with Crippen molar-refractivity contribution >= 4 is 21.9 Å². The minimum Gasteiger partial charge on any atom is -0.321 e. The van der Waals surface area contributed by atoms with Crippen LogP contribution in [0.4, 0.5) is 17.6 Å². The summed E-state index contributed by atoms with van der Waals surface area (Å²) in [6.45, 7) is 1.37. The fourth-order valence-corrected chi connectivity index (χ4v) is 7.29. The number of piperidine rings is 1. The van der Waals surface area contributed by atoms with Crippen molar-refractivity contribution in [3.05, 3.63) is 94.7 Å². The molecule has 14 heteroatoms. The summed E-state index contributed by atoms with van der Waals surface area (Å²) in [5, 5.41) is 4.36. The predicted octanol–water partition coefficient (Wildman–Crippen LogP) is 4.37. The van der Waals surface area contributed by atoms with Crippen LogP contribution in [0.3, 0.4) is 0 Å². The van der Waals surface area contributed by atoms with E-state index >= 15 is 0 Å². The van der Waals surface area contributed by atoms with Gasteiger partial charge in [-0.05, 0) is 67.8 Å². The Balaban J connectivity index is 1.48. The van der Waals surface area contributed by atoms with Crippen molar-refractivity contribution in [1.82, 2.24) is 28.6 Å². The molecular formula is C28H24F4N6O3S. The highest BCUT2D eigenvalue weighted by Gasteiger charge is 2.52. The first-order chi connectivity index (χ1) is 19.8. The normalized spacial score (nSPS) is 19.2. The number of hydrogen-bond acceptors (Lipinski definition) is 6. The number of halogens is 4. The second-order valence-corrected chi connectivity index (χ2v) is 12.3. The Kier molecular flexibility index (Phi) is 6.46. The van der Waals surface area contributed by atoms with Crippen molar-refractivity contribution in [2.75, 3.05) is 13.1 Å². The van der Waals surface area contributed by atoms with E-state index in [1.165, 1.54) is 33.4 Å². The number of carbonyl (C=O) groups is 1. The number of ketones is 1. The minimum atomic E-state index is -4.70. The minimum absolute atomic E-state index is 0.0252. The fraction of sp³-hybridized carbons (Fsp3) is 0.286. The molecule has 1 atom stereocenters. The molecule has 0 N–H and O–H groups in total. The van der Waals surface area contributed by atoms with Gasteiger partial charge in [0.15, 0.2) is 10.8 Å². The smallest absolute Gasteiger partial charge is 0.321 e. The number of sulfonamides is 1. The average molecular weight is 601 g/mol. The third kappa shape index (κ3) is 4.45. The van der Waals surface area contributed by atoms with Crippen LogP contribution in [-0.2, 0) is 29.7 Å². The number of pyridine rings is 1. The number of imidazole rings is 1. The molecule has 0 amide bonds. The van der Waals surface area contributed by atoms with Crippen LogP contribution in [0.2, 0.25) is 0 Å². The predicted molar refractivity (Wildman–Crippen MR) is 143 cm³/mol. The molecule has 0 spiro atoms. The number of carbonyl (C=O) groups excluding carboxylic acids is 1. The van der Waals surface area contributed by atoms with Gasteiger partial charge in [-0.15, -0.1) is 0 Å². The molecular weight excluding hydrogens is 576 g/mol. The highest BCUT2D eigenvalue weighted by Crippen LogP contribution is 2.47. The van der Waals surface area contributed by atoms with E-state index in [2.05, 4.69) is 15.1 Å². The van der Waals surface area contributed by atoms with Gasteiger partial charge in [0.2, 0.25) is 0 Å². The molecule has 1 saturated heterocycles. The van der Waals surface area contributed by atoms with Crippen molar-refractivity contribution in [1.29, 1.82) is 0 Å². The van der Waals surface area contributed by atoms with Gasteiger partial charge in [-0.1, -0.05) is 5.57 Å². The molecule has 0 bridgehead atoms. The molecule has 4 heterocycles. The highest BCUT2D eigenvalue weighted by molar-refractivity contribution is 7.89. The molecule has 3 aromatic heterocycles. The van der Waals surface area contributed by atoms with Crippen LogP contribution in [0.25, 0.3) is 11.8 Å². The monoisotopic (exact) mass is 600 g/mol. The van der Waals surface area contributed by atoms with Crippen LogP contribution in [0.15, 0.2) is 65.6 Å². The Bertz CT molecular complexity index is 1860. The number of Topliss-reactive ketones (excluding diaryl/α,β-unsaturated/α-hetero) is 1. The molecule has 1 aliphatic carbocycles. The summed E-state index contributed by atoms with van der Waals surface area (Å²) in [5.74, 6) is -0.671. The Morgan fingerprint density at radius 1 is 1.07 bits per heavy atom. The van der Waals surface area contributed by atoms with E-state index in [4.69, 9.17) is 0 Å². The van der Waals surface area contributed by atoms with Gasteiger partial charge in [0, 0.05) is 26.3 Å². The molecule has 2 aliphatic rings. The van der Waals surface area contributed by atoms with E-state index in [1.807, 2.05) is 0 Å². The molecule has 1 aliphatic heterocycles. The zero-order chi connectivity index (χ0) is 30.0. The quantitative estimate of drug-likeness (QED) is 0.249. The second kappa shape index (κ2) is 9.70. The zero-order valence-corrected chi connectivity index (χ0v) is 23.2. The summed E-state index contributed by atoms with van der Waals surface area (Å²) in [6, 6.07) is 7.15. The molecule has 4 aromatic rings. The number of rotatable bonds is 5. The van der Waals surface area contributed by atoms with Crippen molar-refractivity contribution in [3.63, 3.8) is 0 Å². The van der Waals surface area contributed by atoms with Gasteiger partial charge in [0.25, 0.3) is 10.0 Å². The van der Waals surface area contributed by atoms with E-state index in [9.17, 15) is 30.8 Å². The summed E-state index contributed by atoms with van der Waals surface area (Å²) < 4.78 is 86.0. The molecule has 6 rings (SSSR count). The summed E-state index contributed by atoms with van der Waals surface area (Å²) in [7, 11) is -2.57. The maximum atomic E-state index is 14.3. The molecule has 218 valence electrons. The van der Waals surface area contributed by atoms with E-state index in [0.717, 1.165) is 12.3 Å². The van der Waals surface area contributed by atoms with Gasteiger partial charge >= 0.3 is 6.18 Å². The first kappa shape index (κ1) is 28.0. The second-order valence-electron chi connectivity index (χ2n) is 10.4. The molecule has 1 aromatic carbocycles. The van der Waals surface area contributed by atoms with E-state index in [0.29, 0.717) is 34.4 Å². The Morgan fingerprint density at radius 3 is 2.48 bits per heavy atom. The number of benzene rings is 1. The fourth-order valence-electron chi connectivity index (χ4n) is 5.64.